The Morgan fingerprint density at radius 1 is 1.80 bits per heavy atom. The quantitative estimate of drug-likeness (QED) is 0.601. The van der Waals surface area contributed by atoms with Gasteiger partial charge in [0.15, 0.2) is 0 Å². The fraction of sp³-hybridized carbons (Fsp3) is 0.857. The number of rotatable bonds is 2. The van der Waals surface area contributed by atoms with Gasteiger partial charge in [0.2, 0.25) is 0 Å². The van der Waals surface area contributed by atoms with E-state index in [-0.39, 0.29) is 5.92 Å². The average Bonchev–Trinajstić information content (AvgIpc) is 1.85. The van der Waals surface area contributed by atoms with Crippen molar-refractivity contribution in [3.63, 3.8) is 0 Å². The van der Waals surface area contributed by atoms with Crippen LogP contribution in [0.1, 0.15) is 13.8 Å². The predicted octanol–water partition coefficient (Wildman–Crippen LogP) is 0.783. The van der Waals surface area contributed by atoms with Crippen LogP contribution in [0.15, 0.2) is 0 Å². The number of carbonyl (C=O) groups excluding carboxylic acids is 1. The van der Waals surface area contributed by atoms with E-state index in [9.17, 15) is 4.79 Å². The Kier molecular flexibility index (Phi) is 2.36. The molecule has 10 heavy (non-hydrogen) atoms. The zero-order valence-electron chi connectivity index (χ0n) is 6.37. The highest BCUT2D eigenvalue weighted by Gasteiger charge is 2.37. The van der Waals surface area contributed by atoms with Gasteiger partial charge < -0.3 is 0 Å². The minimum absolute atomic E-state index is 0.271. The molecule has 58 valence electrons. The fourth-order valence-electron chi connectivity index (χ4n) is 1.34. The Bertz CT molecular complexity index is 149. The minimum Gasteiger partial charge on any atom is -0.300 e. The van der Waals surface area contributed by atoms with Crippen molar-refractivity contribution >= 4 is 18.4 Å². The van der Waals surface area contributed by atoms with Gasteiger partial charge in [0.1, 0.15) is 5.78 Å². The maximum atomic E-state index is 10.8. The van der Waals surface area contributed by atoms with E-state index in [0.29, 0.717) is 11.8 Å². The molecule has 2 atom stereocenters. The molecule has 1 unspecified atom stereocenters. The summed E-state index contributed by atoms with van der Waals surface area (Å²) in [6.45, 7) is 4.64. The fourth-order valence-corrected chi connectivity index (χ4v) is 1.72. The van der Waals surface area contributed by atoms with Crippen LogP contribution in [-0.4, -0.2) is 29.1 Å². The van der Waals surface area contributed by atoms with Crippen LogP contribution in [0.2, 0.25) is 0 Å². The zero-order chi connectivity index (χ0) is 7.72. The molecule has 0 radical (unpaired) electrons. The Labute approximate surface area is 67.0 Å². The molecule has 0 aromatic carbocycles. The van der Waals surface area contributed by atoms with E-state index in [1.807, 2.05) is 0 Å². The molecule has 0 aromatic heterocycles. The van der Waals surface area contributed by atoms with E-state index in [4.69, 9.17) is 0 Å². The molecule has 1 saturated heterocycles. The molecule has 0 saturated carbocycles. The van der Waals surface area contributed by atoms with E-state index >= 15 is 0 Å². The van der Waals surface area contributed by atoms with Crippen molar-refractivity contribution in [3.05, 3.63) is 0 Å². The number of Topliss-reactive ketones (excluding diaryl/α,β-unsaturated/α-hetero) is 1. The summed E-state index contributed by atoms with van der Waals surface area (Å²) in [6, 6.07) is 0.412. The maximum absolute atomic E-state index is 10.8. The lowest BCUT2D eigenvalue weighted by atomic mass is 9.88. The van der Waals surface area contributed by atoms with Crippen molar-refractivity contribution < 1.29 is 4.79 Å². The number of carbonyl (C=O) groups is 1. The highest BCUT2D eigenvalue weighted by Crippen LogP contribution is 2.24. The first-order valence-electron chi connectivity index (χ1n) is 3.52. The lowest BCUT2D eigenvalue weighted by molar-refractivity contribution is -0.128. The summed E-state index contributed by atoms with van der Waals surface area (Å²) in [5.74, 6) is 1.35. The number of likely N-dealkylation sites (tertiary alicyclic amines) is 1. The third kappa shape index (κ3) is 1.20. The second-order valence-corrected chi connectivity index (χ2v) is 3.15. The van der Waals surface area contributed by atoms with Crippen molar-refractivity contribution in [2.45, 2.75) is 19.9 Å². The van der Waals surface area contributed by atoms with E-state index in [1.54, 1.807) is 6.92 Å². The first-order chi connectivity index (χ1) is 4.66. The van der Waals surface area contributed by atoms with E-state index in [0.717, 1.165) is 12.4 Å². The van der Waals surface area contributed by atoms with Crippen molar-refractivity contribution in [2.75, 3.05) is 12.4 Å². The number of nitrogens with zero attached hydrogens (tertiary/aromatic N) is 1. The van der Waals surface area contributed by atoms with Crippen LogP contribution in [0, 0.1) is 5.92 Å². The van der Waals surface area contributed by atoms with Crippen molar-refractivity contribution in [1.29, 1.82) is 0 Å². The van der Waals surface area contributed by atoms with Crippen LogP contribution in [0.3, 0.4) is 0 Å². The summed E-state index contributed by atoms with van der Waals surface area (Å²) in [7, 11) is 0. The summed E-state index contributed by atoms with van der Waals surface area (Å²) in [4.78, 5) is 13.0. The average molecular weight is 159 g/mol. The molecular formula is C7H13NOS. The van der Waals surface area contributed by atoms with Crippen LogP contribution in [0.5, 0.6) is 0 Å². The Morgan fingerprint density at radius 2 is 2.40 bits per heavy atom. The SMILES string of the molecule is CC(=O)[C@@H]1CN(CS)C1C. The molecule has 1 rings (SSSR count). The van der Waals surface area contributed by atoms with Gasteiger partial charge in [-0.1, -0.05) is 0 Å². The number of hydrogen-bond acceptors (Lipinski definition) is 3. The highest BCUT2D eigenvalue weighted by molar-refractivity contribution is 7.80. The number of thiol groups is 1. The van der Waals surface area contributed by atoms with E-state index in [1.165, 1.54) is 0 Å². The molecule has 0 N–H and O–H groups in total. The predicted molar refractivity (Wildman–Crippen MR) is 44.2 cm³/mol. The smallest absolute Gasteiger partial charge is 0.135 e. The zero-order valence-corrected chi connectivity index (χ0v) is 7.27. The van der Waals surface area contributed by atoms with Gasteiger partial charge in [-0.2, -0.15) is 12.6 Å². The van der Waals surface area contributed by atoms with Gasteiger partial charge in [-0.3, -0.25) is 9.69 Å². The molecule has 1 fully saturated rings. The van der Waals surface area contributed by atoms with Crippen molar-refractivity contribution in [1.82, 2.24) is 4.90 Å². The summed E-state index contributed by atoms with van der Waals surface area (Å²) < 4.78 is 0. The molecule has 0 aromatic rings. The molecule has 0 aliphatic carbocycles. The van der Waals surface area contributed by atoms with Crippen LogP contribution in [0.25, 0.3) is 0 Å². The molecular weight excluding hydrogens is 146 g/mol. The molecule has 0 amide bonds. The maximum Gasteiger partial charge on any atom is 0.135 e. The van der Waals surface area contributed by atoms with E-state index in [2.05, 4.69) is 24.5 Å². The Morgan fingerprint density at radius 3 is 2.70 bits per heavy atom. The second-order valence-electron chi connectivity index (χ2n) is 2.87. The molecule has 1 aliphatic rings. The van der Waals surface area contributed by atoms with Gasteiger partial charge in [-0.25, -0.2) is 0 Å². The topological polar surface area (TPSA) is 20.3 Å². The second kappa shape index (κ2) is 2.93. The summed E-state index contributed by atoms with van der Waals surface area (Å²) in [5, 5.41) is 0. The van der Waals surface area contributed by atoms with Crippen LogP contribution >= 0.6 is 12.6 Å². The normalized spacial score (nSPS) is 33.5. The van der Waals surface area contributed by atoms with Gasteiger partial charge in [0, 0.05) is 24.4 Å². The van der Waals surface area contributed by atoms with Crippen molar-refractivity contribution in [3.8, 4) is 0 Å². The first kappa shape index (κ1) is 8.08. The van der Waals surface area contributed by atoms with Crippen molar-refractivity contribution in [2.24, 2.45) is 5.92 Å². The summed E-state index contributed by atoms with van der Waals surface area (Å²) in [5.41, 5.74) is 0. The van der Waals surface area contributed by atoms with Crippen LogP contribution in [0.4, 0.5) is 0 Å². The molecule has 2 nitrogen and oxygen atoms in total. The minimum atomic E-state index is 0.271. The third-order valence-corrected chi connectivity index (χ3v) is 2.66. The van der Waals surface area contributed by atoms with Gasteiger partial charge in [0.25, 0.3) is 0 Å². The lowest BCUT2D eigenvalue weighted by Gasteiger charge is -2.44. The van der Waals surface area contributed by atoms with Gasteiger partial charge in [0.05, 0.1) is 0 Å². The molecule has 0 bridgehead atoms. The van der Waals surface area contributed by atoms with Gasteiger partial charge >= 0.3 is 0 Å². The third-order valence-electron chi connectivity index (χ3n) is 2.29. The number of hydrogen-bond donors (Lipinski definition) is 1. The molecule has 0 spiro atoms. The van der Waals surface area contributed by atoms with Crippen LogP contribution < -0.4 is 0 Å². The van der Waals surface area contributed by atoms with Gasteiger partial charge in [-0.05, 0) is 13.8 Å². The molecule has 1 aliphatic heterocycles. The molecule has 3 heteroatoms. The standard InChI is InChI=1S/C7H13NOS/c1-5-7(6(2)9)3-8(5)4-10/h5,7,10H,3-4H2,1-2H3/t5?,7-/m1/s1. The lowest BCUT2D eigenvalue weighted by Crippen LogP contribution is -2.56. The van der Waals surface area contributed by atoms with E-state index < -0.39 is 0 Å². The highest BCUT2D eigenvalue weighted by atomic mass is 32.1. The monoisotopic (exact) mass is 159 g/mol. The largest absolute Gasteiger partial charge is 0.300 e. The van der Waals surface area contributed by atoms with Crippen LogP contribution in [-0.2, 0) is 4.79 Å². The number of ketones is 1. The van der Waals surface area contributed by atoms with Gasteiger partial charge in [-0.15, -0.1) is 0 Å². The first-order valence-corrected chi connectivity index (χ1v) is 4.15. The Hall–Kier alpha value is -0.0200. The molecule has 1 heterocycles. The summed E-state index contributed by atoms with van der Waals surface area (Å²) in [6.07, 6.45) is 0. The summed E-state index contributed by atoms with van der Waals surface area (Å²) >= 11 is 4.13. The Balaban J connectivity index is 2.39.